The Labute approximate surface area is 137 Å². The standard InChI is InChI=1S/C17H16N2OS2/c1-11-6-7-13(12(2)9-11)14-10-22-17(19(14)3)18-16(20)15-5-4-8-21-15/h4-10H,1-3H3. The van der Waals surface area contributed by atoms with Gasteiger partial charge in [-0.15, -0.1) is 22.7 Å². The number of carbonyl (C=O) groups is 1. The molecule has 0 aliphatic carbocycles. The van der Waals surface area contributed by atoms with Crippen LogP contribution in [0.25, 0.3) is 11.3 Å². The molecule has 0 bridgehead atoms. The lowest BCUT2D eigenvalue weighted by molar-refractivity contribution is 0.100. The maximum atomic E-state index is 12.1. The highest BCUT2D eigenvalue weighted by molar-refractivity contribution is 7.12. The van der Waals surface area contributed by atoms with Crippen molar-refractivity contribution in [2.24, 2.45) is 12.0 Å². The van der Waals surface area contributed by atoms with Gasteiger partial charge in [0.05, 0.1) is 10.6 Å². The third-order valence-electron chi connectivity index (χ3n) is 3.51. The van der Waals surface area contributed by atoms with Gasteiger partial charge in [0.25, 0.3) is 5.91 Å². The summed E-state index contributed by atoms with van der Waals surface area (Å²) in [6, 6.07) is 10.1. The molecular weight excluding hydrogens is 312 g/mol. The van der Waals surface area contributed by atoms with Crippen LogP contribution in [0.1, 0.15) is 20.8 Å². The monoisotopic (exact) mass is 328 g/mol. The first-order valence-corrected chi connectivity index (χ1v) is 8.67. The number of thiazole rings is 1. The molecule has 1 aromatic carbocycles. The molecule has 2 heterocycles. The normalized spacial score (nSPS) is 11.9. The number of nitrogens with zero attached hydrogens (tertiary/aromatic N) is 2. The van der Waals surface area contributed by atoms with Gasteiger partial charge in [-0.1, -0.05) is 29.8 Å². The maximum Gasteiger partial charge on any atom is 0.289 e. The number of thiophene rings is 1. The highest BCUT2D eigenvalue weighted by atomic mass is 32.1. The van der Waals surface area contributed by atoms with Crippen LogP contribution in [0.2, 0.25) is 0 Å². The zero-order valence-corrected chi connectivity index (χ0v) is 14.3. The molecule has 112 valence electrons. The zero-order valence-electron chi connectivity index (χ0n) is 12.7. The van der Waals surface area contributed by atoms with Gasteiger partial charge < -0.3 is 4.57 Å². The molecule has 0 atom stereocenters. The molecule has 0 saturated heterocycles. The van der Waals surface area contributed by atoms with Gasteiger partial charge in [0.2, 0.25) is 0 Å². The van der Waals surface area contributed by atoms with Crippen molar-refractivity contribution in [1.82, 2.24) is 4.57 Å². The highest BCUT2D eigenvalue weighted by Crippen LogP contribution is 2.24. The van der Waals surface area contributed by atoms with Crippen molar-refractivity contribution in [2.75, 3.05) is 0 Å². The van der Waals surface area contributed by atoms with Crippen LogP contribution in [-0.4, -0.2) is 10.5 Å². The van der Waals surface area contributed by atoms with Gasteiger partial charge >= 0.3 is 0 Å². The minimum atomic E-state index is -0.181. The molecule has 22 heavy (non-hydrogen) atoms. The molecule has 3 rings (SSSR count). The van der Waals surface area contributed by atoms with Gasteiger partial charge in [-0.3, -0.25) is 4.79 Å². The van der Waals surface area contributed by atoms with Crippen LogP contribution in [0.15, 0.2) is 46.1 Å². The predicted molar refractivity (Wildman–Crippen MR) is 92.4 cm³/mol. The van der Waals surface area contributed by atoms with Crippen molar-refractivity contribution in [3.8, 4) is 11.3 Å². The number of benzene rings is 1. The number of hydrogen-bond donors (Lipinski definition) is 0. The van der Waals surface area contributed by atoms with E-state index in [-0.39, 0.29) is 5.91 Å². The van der Waals surface area contributed by atoms with Crippen LogP contribution >= 0.6 is 22.7 Å². The summed E-state index contributed by atoms with van der Waals surface area (Å²) in [5.74, 6) is -0.181. The van der Waals surface area contributed by atoms with Gasteiger partial charge in [-0.25, -0.2) is 0 Å². The second-order valence-corrected chi connectivity index (χ2v) is 6.96. The SMILES string of the molecule is Cc1ccc(-c2csc(=NC(=O)c3cccs3)n2C)c(C)c1. The van der Waals surface area contributed by atoms with E-state index in [1.807, 2.05) is 23.1 Å². The summed E-state index contributed by atoms with van der Waals surface area (Å²) < 4.78 is 1.98. The number of hydrogen-bond acceptors (Lipinski definition) is 3. The van der Waals surface area contributed by atoms with E-state index < -0.39 is 0 Å². The first-order chi connectivity index (χ1) is 10.6. The first-order valence-electron chi connectivity index (χ1n) is 6.91. The molecule has 0 radical (unpaired) electrons. The average molecular weight is 328 g/mol. The Morgan fingerprint density at radius 1 is 1.18 bits per heavy atom. The Balaban J connectivity index is 2.04. The molecular formula is C17H16N2OS2. The minimum Gasteiger partial charge on any atom is -0.319 e. The van der Waals surface area contributed by atoms with E-state index in [4.69, 9.17) is 0 Å². The number of aryl methyl sites for hydroxylation is 2. The van der Waals surface area contributed by atoms with E-state index in [0.717, 1.165) is 5.69 Å². The third kappa shape index (κ3) is 2.82. The zero-order chi connectivity index (χ0) is 15.7. The number of aromatic nitrogens is 1. The number of amides is 1. The fraction of sp³-hybridized carbons (Fsp3) is 0.176. The van der Waals surface area contributed by atoms with Crippen LogP contribution in [0.4, 0.5) is 0 Å². The van der Waals surface area contributed by atoms with E-state index in [1.165, 1.54) is 39.4 Å². The van der Waals surface area contributed by atoms with E-state index in [9.17, 15) is 4.79 Å². The van der Waals surface area contributed by atoms with Gasteiger partial charge in [-0.05, 0) is 30.9 Å². The largest absolute Gasteiger partial charge is 0.319 e. The molecule has 0 fully saturated rings. The van der Waals surface area contributed by atoms with E-state index in [2.05, 4.69) is 42.4 Å². The second kappa shape index (κ2) is 6.02. The molecule has 2 aromatic heterocycles. The molecule has 0 aliphatic rings. The lowest BCUT2D eigenvalue weighted by atomic mass is 10.0. The van der Waals surface area contributed by atoms with Gasteiger partial charge in [0.1, 0.15) is 0 Å². The van der Waals surface area contributed by atoms with E-state index >= 15 is 0 Å². The van der Waals surface area contributed by atoms with Crippen LogP contribution in [0.3, 0.4) is 0 Å². The smallest absolute Gasteiger partial charge is 0.289 e. The Kier molecular flexibility index (Phi) is 4.09. The van der Waals surface area contributed by atoms with Crippen molar-refractivity contribution < 1.29 is 4.79 Å². The van der Waals surface area contributed by atoms with Gasteiger partial charge in [0, 0.05) is 18.0 Å². The fourth-order valence-electron chi connectivity index (χ4n) is 2.36. The van der Waals surface area contributed by atoms with Gasteiger partial charge in [0.15, 0.2) is 4.80 Å². The fourth-order valence-corrected chi connectivity index (χ4v) is 3.86. The van der Waals surface area contributed by atoms with E-state index in [1.54, 1.807) is 6.07 Å². The summed E-state index contributed by atoms with van der Waals surface area (Å²) >= 11 is 2.91. The molecule has 0 spiro atoms. The number of carbonyl (C=O) groups excluding carboxylic acids is 1. The molecule has 0 unspecified atom stereocenters. The Morgan fingerprint density at radius 3 is 2.68 bits per heavy atom. The summed E-state index contributed by atoms with van der Waals surface area (Å²) in [5, 5.41) is 3.94. The van der Waals surface area contributed by atoms with Crippen LogP contribution in [0.5, 0.6) is 0 Å². The van der Waals surface area contributed by atoms with Gasteiger partial charge in [-0.2, -0.15) is 4.99 Å². The van der Waals surface area contributed by atoms with Crippen LogP contribution in [0, 0.1) is 13.8 Å². The average Bonchev–Trinajstić information content (AvgIpc) is 3.11. The molecule has 3 nitrogen and oxygen atoms in total. The lowest BCUT2D eigenvalue weighted by Crippen LogP contribution is -2.14. The van der Waals surface area contributed by atoms with Crippen molar-refractivity contribution in [3.05, 3.63) is 61.9 Å². The summed E-state index contributed by atoms with van der Waals surface area (Å²) in [6.07, 6.45) is 0. The minimum absolute atomic E-state index is 0.181. The summed E-state index contributed by atoms with van der Waals surface area (Å²) in [6.45, 7) is 4.19. The Bertz CT molecular complexity index is 886. The third-order valence-corrected chi connectivity index (χ3v) is 5.29. The molecule has 0 aliphatic heterocycles. The first kappa shape index (κ1) is 14.9. The predicted octanol–water partition coefficient (Wildman–Crippen LogP) is 4.17. The molecule has 5 heteroatoms. The molecule has 3 aromatic rings. The van der Waals surface area contributed by atoms with Crippen molar-refractivity contribution in [1.29, 1.82) is 0 Å². The van der Waals surface area contributed by atoms with Crippen molar-refractivity contribution in [3.63, 3.8) is 0 Å². The Hall–Kier alpha value is -1.98. The van der Waals surface area contributed by atoms with Crippen LogP contribution in [-0.2, 0) is 7.05 Å². The van der Waals surface area contributed by atoms with Crippen LogP contribution < -0.4 is 4.80 Å². The number of rotatable bonds is 2. The topological polar surface area (TPSA) is 34.4 Å². The van der Waals surface area contributed by atoms with Crippen molar-refractivity contribution >= 4 is 28.6 Å². The quantitative estimate of drug-likeness (QED) is 0.695. The molecule has 1 amide bonds. The summed E-state index contributed by atoms with van der Waals surface area (Å²) in [5.41, 5.74) is 4.73. The summed E-state index contributed by atoms with van der Waals surface area (Å²) in [7, 11) is 1.95. The molecule has 0 N–H and O–H groups in total. The van der Waals surface area contributed by atoms with Crippen molar-refractivity contribution in [2.45, 2.75) is 13.8 Å². The maximum absolute atomic E-state index is 12.1. The lowest BCUT2D eigenvalue weighted by Gasteiger charge is -2.07. The molecule has 0 saturated carbocycles. The Morgan fingerprint density at radius 2 is 2.00 bits per heavy atom. The highest BCUT2D eigenvalue weighted by Gasteiger charge is 2.10. The van der Waals surface area contributed by atoms with E-state index in [0.29, 0.717) is 9.68 Å². The summed E-state index contributed by atoms with van der Waals surface area (Å²) in [4.78, 5) is 17.8. The second-order valence-electron chi connectivity index (χ2n) is 5.18.